The minimum absolute atomic E-state index is 0. The second-order valence-electron chi connectivity index (χ2n) is 12.5. The topological polar surface area (TPSA) is 167 Å². The zero-order valence-electron chi connectivity index (χ0n) is 27.0. The summed E-state index contributed by atoms with van der Waals surface area (Å²) in [6.45, 7) is 19.8. The number of nitrogens with two attached hydrogens (primary N) is 1. The van der Waals surface area contributed by atoms with E-state index in [-0.39, 0.29) is 50.3 Å². The zero-order valence-corrected chi connectivity index (χ0v) is 27.0. The van der Waals surface area contributed by atoms with Gasteiger partial charge in [0, 0.05) is 37.9 Å². The molecule has 0 unspecified atom stereocenters. The predicted octanol–water partition coefficient (Wildman–Crippen LogP) is 3.41. The largest absolute Gasteiger partial charge is 0.467 e. The van der Waals surface area contributed by atoms with E-state index >= 15 is 0 Å². The van der Waals surface area contributed by atoms with Gasteiger partial charge in [-0.15, -0.1) is 13.2 Å². The summed E-state index contributed by atoms with van der Waals surface area (Å²) in [7, 11) is 2.57. The molecule has 0 aliphatic carbocycles. The van der Waals surface area contributed by atoms with Crippen LogP contribution in [-0.4, -0.2) is 103 Å². The highest BCUT2D eigenvalue weighted by molar-refractivity contribution is 5.84. The summed E-state index contributed by atoms with van der Waals surface area (Å²) in [5.41, 5.74) is 4.73. The molecule has 13 nitrogen and oxygen atoms in total. The number of allylic oxidation sites excluding steroid dienone is 2. The van der Waals surface area contributed by atoms with Crippen LogP contribution in [0.3, 0.4) is 0 Å². The van der Waals surface area contributed by atoms with Crippen LogP contribution in [0.15, 0.2) is 25.3 Å². The summed E-state index contributed by atoms with van der Waals surface area (Å²) < 4.78 is 20.3. The first-order chi connectivity index (χ1) is 19.8. The van der Waals surface area contributed by atoms with Crippen molar-refractivity contribution in [3.63, 3.8) is 0 Å². The van der Waals surface area contributed by atoms with E-state index in [0.717, 1.165) is 0 Å². The summed E-state index contributed by atoms with van der Waals surface area (Å²) in [5, 5.41) is 2.79. The van der Waals surface area contributed by atoms with Crippen molar-refractivity contribution in [1.82, 2.24) is 15.1 Å². The number of hydrogen-bond acceptors (Lipinski definition) is 10. The van der Waals surface area contributed by atoms with Gasteiger partial charge in [0.2, 0.25) is 5.91 Å². The Labute approximate surface area is 262 Å². The average Bonchev–Trinajstić information content (AvgIpc) is 3.39. The maximum absolute atomic E-state index is 12.4. The SMILES string of the molecule is C.C=CC[C@@H]1[C@@H](NC(C)=O)CN(C(=O)OC(C)(C)C)[C@@H]1C(=O)OC.C=CC[C@H]1[C@@H](C(=O)OC)N(C(=O)OC(C)(C)C)C[C@@H]1N. The molecule has 44 heavy (non-hydrogen) atoms. The van der Waals surface area contributed by atoms with Crippen LogP contribution in [0.5, 0.6) is 0 Å². The number of carbonyl (C=O) groups excluding carboxylic acids is 5. The highest BCUT2D eigenvalue weighted by Crippen LogP contribution is 2.31. The summed E-state index contributed by atoms with van der Waals surface area (Å²) in [6, 6.07) is -2.20. The highest BCUT2D eigenvalue weighted by atomic mass is 16.6. The fourth-order valence-corrected chi connectivity index (χ4v) is 5.11. The van der Waals surface area contributed by atoms with Crippen molar-refractivity contribution >= 4 is 30.0 Å². The quantitative estimate of drug-likeness (QED) is 0.243. The van der Waals surface area contributed by atoms with Crippen molar-refractivity contribution in [3.8, 4) is 0 Å². The predicted molar refractivity (Wildman–Crippen MR) is 166 cm³/mol. The Balaban J connectivity index is 0.000000829. The van der Waals surface area contributed by atoms with Crippen molar-refractivity contribution in [3.05, 3.63) is 25.3 Å². The van der Waals surface area contributed by atoms with Crippen LogP contribution in [0.2, 0.25) is 0 Å². The van der Waals surface area contributed by atoms with Gasteiger partial charge in [-0.2, -0.15) is 0 Å². The lowest BCUT2D eigenvalue weighted by Crippen LogP contribution is -2.46. The number of rotatable bonds is 7. The Morgan fingerprint density at radius 3 is 1.55 bits per heavy atom. The van der Waals surface area contributed by atoms with E-state index in [1.54, 1.807) is 53.7 Å². The zero-order chi connectivity index (χ0) is 33.3. The number of nitrogens with zero attached hydrogens (tertiary/aromatic N) is 2. The minimum Gasteiger partial charge on any atom is -0.467 e. The monoisotopic (exact) mass is 626 g/mol. The first-order valence-corrected chi connectivity index (χ1v) is 14.2. The van der Waals surface area contributed by atoms with Gasteiger partial charge in [0.25, 0.3) is 0 Å². The molecular weight excluding hydrogens is 572 g/mol. The second kappa shape index (κ2) is 17.0. The summed E-state index contributed by atoms with van der Waals surface area (Å²) >= 11 is 0. The van der Waals surface area contributed by atoms with E-state index in [1.165, 1.54) is 30.9 Å². The Hall–Kier alpha value is -3.61. The van der Waals surface area contributed by atoms with Crippen molar-refractivity contribution in [1.29, 1.82) is 0 Å². The van der Waals surface area contributed by atoms with Gasteiger partial charge in [-0.05, 0) is 54.4 Å². The molecule has 0 aromatic heterocycles. The number of likely N-dealkylation sites (tertiary alicyclic amines) is 2. The molecule has 3 N–H and O–H groups in total. The Morgan fingerprint density at radius 2 is 1.18 bits per heavy atom. The van der Waals surface area contributed by atoms with Crippen LogP contribution < -0.4 is 11.1 Å². The van der Waals surface area contributed by atoms with Crippen LogP contribution in [0, 0.1) is 11.8 Å². The lowest BCUT2D eigenvalue weighted by atomic mass is 9.92. The van der Waals surface area contributed by atoms with Crippen LogP contribution in [0.4, 0.5) is 9.59 Å². The Morgan fingerprint density at radius 1 is 0.795 bits per heavy atom. The maximum Gasteiger partial charge on any atom is 0.411 e. The molecular formula is C31H54N4O9. The van der Waals surface area contributed by atoms with Crippen LogP contribution in [0.1, 0.15) is 68.7 Å². The molecule has 0 aromatic rings. The molecule has 2 rings (SSSR count). The molecule has 2 saturated heterocycles. The molecule has 0 saturated carbocycles. The Bertz CT molecular complexity index is 1030. The van der Waals surface area contributed by atoms with Crippen LogP contribution >= 0.6 is 0 Å². The van der Waals surface area contributed by atoms with Crippen molar-refractivity contribution in [2.45, 2.75) is 104 Å². The molecule has 3 amide bonds. The molecule has 2 fully saturated rings. The van der Waals surface area contributed by atoms with Crippen molar-refractivity contribution < 1.29 is 42.9 Å². The van der Waals surface area contributed by atoms with E-state index in [0.29, 0.717) is 12.8 Å². The minimum atomic E-state index is -0.815. The van der Waals surface area contributed by atoms with Crippen LogP contribution in [-0.2, 0) is 33.3 Å². The number of methoxy groups -OCH3 is 2. The lowest BCUT2D eigenvalue weighted by molar-refractivity contribution is -0.147. The third kappa shape index (κ3) is 11.5. The number of nitrogens with one attached hydrogen (secondary N) is 1. The molecule has 2 heterocycles. The second-order valence-corrected chi connectivity index (χ2v) is 12.5. The fourth-order valence-electron chi connectivity index (χ4n) is 5.11. The van der Waals surface area contributed by atoms with Gasteiger partial charge in [0.15, 0.2) is 0 Å². The normalized spacial score (nSPS) is 24.5. The van der Waals surface area contributed by atoms with E-state index in [2.05, 4.69) is 18.5 Å². The molecule has 2 aliphatic heterocycles. The van der Waals surface area contributed by atoms with Gasteiger partial charge in [0.05, 0.1) is 20.3 Å². The molecule has 13 heteroatoms. The average molecular weight is 627 g/mol. The molecule has 0 radical (unpaired) electrons. The summed E-state index contributed by atoms with van der Waals surface area (Å²) in [5.74, 6) is -1.74. The van der Waals surface area contributed by atoms with E-state index in [1.807, 2.05) is 0 Å². The summed E-state index contributed by atoms with van der Waals surface area (Å²) in [6.07, 6.45) is 3.21. The number of esters is 2. The van der Waals surface area contributed by atoms with E-state index in [9.17, 15) is 24.0 Å². The standard InChI is InChI=1S/C16H26N2O5.C14H24N2O4.CH4/c1-7-8-11-12(17-10(2)19)9-18(13(11)14(20)22-6)15(21)23-16(3,4)5;1-6-7-9-10(15)8-16(11(9)12(17)19-5)13(18)20-14(2,3)4;/h7,11-13H,1,8-9H2,2-6H3,(H,17,19);6,9-11H,1,7-8,15H2,2-5H3;1H4/t11-,12+,13+;9-,10+,11+;/m11./s1. The third-order valence-corrected chi connectivity index (χ3v) is 6.76. The fraction of sp³-hybridized carbons (Fsp3) is 0.710. The van der Waals surface area contributed by atoms with Crippen molar-refractivity contribution in [2.24, 2.45) is 17.6 Å². The smallest absolute Gasteiger partial charge is 0.411 e. The van der Waals surface area contributed by atoms with Gasteiger partial charge in [-0.25, -0.2) is 19.2 Å². The van der Waals surface area contributed by atoms with Gasteiger partial charge < -0.3 is 30.0 Å². The molecule has 252 valence electrons. The van der Waals surface area contributed by atoms with Crippen LogP contribution in [0.25, 0.3) is 0 Å². The van der Waals surface area contributed by atoms with Crippen molar-refractivity contribution in [2.75, 3.05) is 27.3 Å². The molecule has 6 atom stereocenters. The lowest BCUT2D eigenvalue weighted by Gasteiger charge is -2.28. The molecule has 0 aromatic carbocycles. The number of hydrogen-bond donors (Lipinski definition) is 2. The number of ether oxygens (including phenoxy) is 4. The molecule has 2 aliphatic rings. The molecule has 0 spiro atoms. The van der Waals surface area contributed by atoms with Gasteiger partial charge >= 0.3 is 24.1 Å². The van der Waals surface area contributed by atoms with Gasteiger partial charge in [-0.1, -0.05) is 19.6 Å². The Kier molecular flexibility index (Phi) is 15.6. The van der Waals surface area contributed by atoms with E-state index in [4.69, 9.17) is 24.7 Å². The number of carbonyl (C=O) groups is 5. The molecule has 0 bridgehead atoms. The van der Waals surface area contributed by atoms with Gasteiger partial charge in [0.1, 0.15) is 23.3 Å². The van der Waals surface area contributed by atoms with Gasteiger partial charge in [-0.3, -0.25) is 14.6 Å². The van der Waals surface area contributed by atoms with E-state index < -0.39 is 47.4 Å². The highest BCUT2D eigenvalue weighted by Gasteiger charge is 2.50. The first-order valence-electron chi connectivity index (χ1n) is 14.2. The number of amides is 3. The third-order valence-electron chi connectivity index (χ3n) is 6.76. The maximum atomic E-state index is 12.4. The summed E-state index contributed by atoms with van der Waals surface area (Å²) in [4.78, 5) is 62.9. The first kappa shape index (κ1) is 40.4.